The molecule has 2 fully saturated rings. The van der Waals surface area contributed by atoms with Crippen LogP contribution in [0.5, 0.6) is 11.5 Å². The molecule has 1 aliphatic heterocycles. The van der Waals surface area contributed by atoms with Crippen molar-refractivity contribution in [2.45, 2.75) is 108 Å². The highest BCUT2D eigenvalue weighted by Gasteiger charge is 2.46. The lowest BCUT2D eigenvalue weighted by Gasteiger charge is -2.47. The number of rotatable bonds is 14. The van der Waals surface area contributed by atoms with Crippen molar-refractivity contribution in [2.24, 2.45) is 11.8 Å². The Kier molecular flexibility index (Phi) is 13.4. The lowest BCUT2D eigenvalue weighted by molar-refractivity contribution is -0.133. The fourth-order valence-corrected chi connectivity index (χ4v) is 7.93. The molecule has 1 saturated heterocycles. The van der Waals surface area contributed by atoms with Crippen molar-refractivity contribution in [2.75, 3.05) is 33.6 Å². The topological polar surface area (TPSA) is 163 Å². The zero-order valence-electron chi connectivity index (χ0n) is 31.9. The number of carbonyl (C=O) groups excluding carboxylic acids is 3. The molecule has 1 aliphatic carbocycles. The van der Waals surface area contributed by atoms with Gasteiger partial charge in [0.1, 0.15) is 17.5 Å². The molecule has 0 bridgehead atoms. The Hall–Kier alpha value is -3.68. The van der Waals surface area contributed by atoms with Crippen LogP contribution in [0, 0.1) is 11.8 Å². The number of fused-ring (bicyclic) bond motifs is 1. The van der Waals surface area contributed by atoms with Crippen molar-refractivity contribution in [3.8, 4) is 11.5 Å². The van der Waals surface area contributed by atoms with Crippen molar-refractivity contribution >= 4 is 27.6 Å². The maximum atomic E-state index is 14.3. The Bertz CT molecular complexity index is 1640. The molecule has 13 heteroatoms. The number of nitrogens with zero attached hydrogens (tertiary/aromatic N) is 1. The monoisotopic (exact) mass is 742 g/mol. The van der Waals surface area contributed by atoms with Gasteiger partial charge in [0, 0.05) is 36.5 Å². The second-order valence-electron chi connectivity index (χ2n) is 16.0. The number of ether oxygens (including phenoxy) is 2. The molecule has 4 rings (SSSR count). The fourth-order valence-electron chi connectivity index (χ4n) is 7.33. The van der Waals surface area contributed by atoms with Crippen LogP contribution in [0.4, 0.5) is 0 Å². The summed E-state index contributed by atoms with van der Waals surface area (Å²) in [4.78, 5) is 43.8. The Labute approximate surface area is 309 Å². The van der Waals surface area contributed by atoms with Gasteiger partial charge in [0.15, 0.2) is 9.84 Å². The molecule has 0 unspecified atom stereocenters. The Balaban J connectivity index is 1.65. The summed E-state index contributed by atoms with van der Waals surface area (Å²) in [7, 11) is -1.04. The van der Waals surface area contributed by atoms with E-state index >= 15 is 0 Å². The molecule has 288 valence electrons. The van der Waals surface area contributed by atoms with E-state index in [-0.39, 0.29) is 24.4 Å². The summed E-state index contributed by atoms with van der Waals surface area (Å²) in [6.45, 7) is 9.36. The lowest BCUT2D eigenvalue weighted by atomic mass is 9.72. The van der Waals surface area contributed by atoms with Gasteiger partial charge in [-0.25, -0.2) is 8.42 Å². The SMILES string of the molecule is COc1cc(OC)cc(C(=O)N[C@H](C(=O)N[C@@H](Cc2ccccc2)[C@H](O)CN2C[C@H]3CCCC[C@H]3C[C@H]2C(=O)NC(C)(C)C)C(C)(C)S(C)(=O)=O)c1. The number of aliphatic hydroxyl groups is 1. The van der Waals surface area contributed by atoms with Gasteiger partial charge >= 0.3 is 0 Å². The van der Waals surface area contributed by atoms with Crippen LogP contribution in [0.1, 0.15) is 82.6 Å². The number of piperidine rings is 1. The number of methoxy groups -OCH3 is 2. The van der Waals surface area contributed by atoms with E-state index in [9.17, 15) is 27.9 Å². The number of carbonyl (C=O) groups is 3. The van der Waals surface area contributed by atoms with Crippen LogP contribution in [0.2, 0.25) is 0 Å². The van der Waals surface area contributed by atoms with Crippen LogP contribution in [-0.4, -0.2) is 104 Å². The third kappa shape index (κ3) is 10.5. The number of sulfone groups is 1. The molecule has 2 aromatic carbocycles. The first-order chi connectivity index (χ1) is 24.3. The van der Waals surface area contributed by atoms with E-state index in [1.807, 2.05) is 51.1 Å². The predicted octanol–water partition coefficient (Wildman–Crippen LogP) is 3.51. The van der Waals surface area contributed by atoms with Gasteiger partial charge in [-0.1, -0.05) is 49.6 Å². The standard InChI is InChI=1S/C39H58N4O8S/c1-38(2,3)42-36(46)32-21-26-16-12-13-17-27(26)23-43(32)24-33(44)31(18-25-14-10-9-11-15-25)40-37(47)34(39(4,5)52(8,48)49)41-35(45)28-19-29(50-6)22-30(20-28)51-7/h9-11,14-15,19-20,22,26-27,31-34,44H,12-13,16-18,21,23-24H2,1-8H3,(H,40,47)(H,41,45)(H,42,46)/t26-,27+,31-,32-,33+,34+/m0/s1. The van der Waals surface area contributed by atoms with Gasteiger partial charge in [0.2, 0.25) is 11.8 Å². The van der Waals surface area contributed by atoms with Crippen LogP contribution in [-0.2, 0) is 25.8 Å². The summed E-state index contributed by atoms with van der Waals surface area (Å²) in [5.41, 5.74) is 0.507. The molecule has 1 saturated carbocycles. The van der Waals surface area contributed by atoms with Gasteiger partial charge in [-0.15, -0.1) is 0 Å². The number of nitrogens with one attached hydrogen (secondary N) is 3. The molecule has 3 amide bonds. The smallest absolute Gasteiger partial charge is 0.252 e. The maximum absolute atomic E-state index is 14.3. The average Bonchev–Trinajstić information content (AvgIpc) is 3.08. The Morgan fingerprint density at radius 3 is 2.08 bits per heavy atom. The Morgan fingerprint density at radius 1 is 0.923 bits per heavy atom. The number of β-amino-alcohol motifs (C(OH)–C–C–N with tert-alkyl or cyclic N) is 1. The molecule has 4 N–H and O–H groups in total. The molecular weight excluding hydrogens is 685 g/mol. The second kappa shape index (κ2) is 17.0. The van der Waals surface area contributed by atoms with Crippen molar-refractivity contribution in [3.05, 3.63) is 59.7 Å². The van der Waals surface area contributed by atoms with Gasteiger partial charge in [-0.05, 0) is 83.4 Å². The number of benzene rings is 2. The predicted molar refractivity (Wildman–Crippen MR) is 201 cm³/mol. The van der Waals surface area contributed by atoms with Crippen LogP contribution in [0.25, 0.3) is 0 Å². The highest BCUT2D eigenvalue weighted by molar-refractivity contribution is 7.92. The van der Waals surface area contributed by atoms with E-state index in [4.69, 9.17) is 9.47 Å². The number of likely N-dealkylation sites (tertiary alicyclic amines) is 1. The van der Waals surface area contributed by atoms with Crippen LogP contribution >= 0.6 is 0 Å². The Morgan fingerprint density at radius 2 is 1.52 bits per heavy atom. The lowest BCUT2D eigenvalue weighted by Crippen LogP contribution is -2.64. The average molecular weight is 743 g/mol. The third-order valence-electron chi connectivity index (χ3n) is 10.6. The summed E-state index contributed by atoms with van der Waals surface area (Å²) in [5.74, 6) is -0.0449. The van der Waals surface area contributed by atoms with E-state index in [0.29, 0.717) is 36.3 Å². The maximum Gasteiger partial charge on any atom is 0.252 e. The van der Waals surface area contributed by atoms with Gasteiger partial charge in [-0.2, -0.15) is 0 Å². The first-order valence-corrected chi connectivity index (χ1v) is 20.0. The molecule has 52 heavy (non-hydrogen) atoms. The van der Waals surface area contributed by atoms with Gasteiger partial charge in [0.05, 0.1) is 37.2 Å². The van der Waals surface area contributed by atoms with Crippen LogP contribution < -0.4 is 25.4 Å². The summed E-state index contributed by atoms with van der Waals surface area (Å²) in [6, 6.07) is 11.0. The van der Waals surface area contributed by atoms with Gasteiger partial charge in [-0.3, -0.25) is 19.3 Å². The van der Waals surface area contributed by atoms with Crippen LogP contribution in [0.15, 0.2) is 48.5 Å². The molecule has 1 heterocycles. The van der Waals surface area contributed by atoms with Crippen LogP contribution in [0.3, 0.4) is 0 Å². The first kappa shape index (κ1) is 41.1. The molecule has 2 aliphatic rings. The normalized spacial score (nSPS) is 21.5. The zero-order valence-corrected chi connectivity index (χ0v) is 32.7. The quantitative estimate of drug-likeness (QED) is 0.227. The van der Waals surface area contributed by atoms with E-state index in [1.54, 1.807) is 6.07 Å². The largest absolute Gasteiger partial charge is 0.497 e. The highest BCUT2D eigenvalue weighted by atomic mass is 32.2. The number of amides is 3. The zero-order chi connectivity index (χ0) is 38.4. The first-order valence-electron chi connectivity index (χ1n) is 18.1. The fraction of sp³-hybridized carbons (Fsp3) is 0.615. The highest BCUT2D eigenvalue weighted by Crippen LogP contribution is 2.39. The van der Waals surface area contributed by atoms with E-state index < -0.39 is 56.2 Å². The van der Waals surface area contributed by atoms with Gasteiger partial charge < -0.3 is 30.5 Å². The van der Waals surface area contributed by atoms with Crippen molar-refractivity contribution in [1.29, 1.82) is 0 Å². The minimum Gasteiger partial charge on any atom is -0.497 e. The molecule has 0 aromatic heterocycles. The minimum atomic E-state index is -3.92. The van der Waals surface area contributed by atoms with E-state index in [2.05, 4.69) is 20.9 Å². The van der Waals surface area contributed by atoms with E-state index in [1.165, 1.54) is 40.2 Å². The summed E-state index contributed by atoms with van der Waals surface area (Å²) in [5, 5.41) is 20.7. The van der Waals surface area contributed by atoms with Crippen molar-refractivity contribution in [1.82, 2.24) is 20.9 Å². The number of hydrogen-bond acceptors (Lipinski definition) is 9. The van der Waals surface area contributed by atoms with Crippen molar-refractivity contribution < 1.29 is 37.4 Å². The minimum absolute atomic E-state index is 0.0841. The summed E-state index contributed by atoms with van der Waals surface area (Å²) < 4.78 is 35.1. The third-order valence-corrected chi connectivity index (χ3v) is 12.8. The molecule has 12 nitrogen and oxygen atoms in total. The molecule has 0 radical (unpaired) electrons. The summed E-state index contributed by atoms with van der Waals surface area (Å²) >= 11 is 0. The number of aliphatic hydroxyl groups excluding tert-OH is 1. The molecular formula is C39H58N4O8S. The summed E-state index contributed by atoms with van der Waals surface area (Å²) in [6.07, 6.45) is 5.22. The number of hydrogen-bond donors (Lipinski definition) is 4. The second-order valence-corrected chi connectivity index (χ2v) is 18.6. The van der Waals surface area contributed by atoms with Crippen molar-refractivity contribution in [3.63, 3.8) is 0 Å². The molecule has 0 spiro atoms. The van der Waals surface area contributed by atoms with Gasteiger partial charge in [0.25, 0.3) is 5.91 Å². The van der Waals surface area contributed by atoms with E-state index in [0.717, 1.165) is 37.5 Å². The molecule has 6 atom stereocenters. The molecule has 2 aromatic rings.